The van der Waals surface area contributed by atoms with Gasteiger partial charge < -0.3 is 0 Å². The van der Waals surface area contributed by atoms with Crippen molar-refractivity contribution in [3.8, 4) is 6.07 Å². The summed E-state index contributed by atoms with van der Waals surface area (Å²) in [6, 6.07) is 25.5. The first kappa shape index (κ1) is 23.7. The van der Waals surface area contributed by atoms with E-state index in [1.165, 1.54) is 23.9 Å². The highest BCUT2D eigenvalue weighted by atomic mass is 32.2. The fraction of sp³-hybridized carbons (Fsp3) is 0.160. The zero-order valence-electron chi connectivity index (χ0n) is 18.2. The number of hydrogen-bond donors (Lipinski definition) is 1. The second kappa shape index (κ2) is 10.2. The van der Waals surface area contributed by atoms with Crippen LogP contribution in [0.5, 0.6) is 0 Å². The molecule has 0 spiro atoms. The van der Waals surface area contributed by atoms with Crippen molar-refractivity contribution >= 4 is 32.7 Å². The van der Waals surface area contributed by atoms with E-state index in [-0.39, 0.29) is 10.5 Å². The third-order valence-electron chi connectivity index (χ3n) is 5.36. The van der Waals surface area contributed by atoms with Crippen molar-refractivity contribution in [3.63, 3.8) is 0 Å². The van der Waals surface area contributed by atoms with E-state index in [1.54, 1.807) is 34.9 Å². The number of aromatic nitrogens is 2. The first-order valence-corrected chi connectivity index (χ1v) is 13.0. The van der Waals surface area contributed by atoms with Gasteiger partial charge in [-0.25, -0.2) is 18.5 Å². The Morgan fingerprint density at radius 1 is 0.971 bits per heavy atom. The molecule has 0 bridgehead atoms. The third kappa shape index (κ3) is 5.54. The van der Waals surface area contributed by atoms with Crippen LogP contribution < -0.4 is 10.7 Å². The number of primary sulfonamides is 1. The number of thioether (sulfide) groups is 1. The Kier molecular flexibility index (Phi) is 7.12. The molecule has 172 valence electrons. The number of fused-ring (bicyclic) bond motifs is 1. The van der Waals surface area contributed by atoms with Gasteiger partial charge in [0.2, 0.25) is 10.0 Å². The molecule has 4 aromatic rings. The van der Waals surface area contributed by atoms with Gasteiger partial charge in [-0.05, 0) is 48.2 Å². The molecule has 1 atom stereocenters. The molecular weight excluding hydrogens is 468 g/mol. The van der Waals surface area contributed by atoms with Gasteiger partial charge in [-0.3, -0.25) is 9.36 Å². The summed E-state index contributed by atoms with van der Waals surface area (Å²) in [7, 11) is -3.77. The Hall–Kier alpha value is -3.45. The largest absolute Gasteiger partial charge is 0.287 e. The predicted octanol–water partition coefficient (Wildman–Crippen LogP) is 3.51. The van der Waals surface area contributed by atoms with E-state index in [4.69, 9.17) is 10.1 Å². The van der Waals surface area contributed by atoms with E-state index in [1.807, 2.05) is 36.4 Å². The number of benzene rings is 3. The normalized spacial score (nSPS) is 12.4. The minimum Gasteiger partial charge on any atom is -0.287 e. The first-order valence-electron chi connectivity index (χ1n) is 10.6. The molecule has 0 unspecified atom stereocenters. The van der Waals surface area contributed by atoms with Gasteiger partial charge in [0, 0.05) is 6.54 Å². The minimum atomic E-state index is -3.77. The van der Waals surface area contributed by atoms with Crippen molar-refractivity contribution in [2.24, 2.45) is 5.14 Å². The van der Waals surface area contributed by atoms with Crippen molar-refractivity contribution in [1.29, 1.82) is 5.26 Å². The standard InChI is InChI=1S/C25H22N4O3S2/c26-17-20(16-19-6-2-1-3-7-19)33-25-28-23-9-5-4-8-22(23)24(30)29(25)15-14-18-10-12-21(13-11-18)34(27,31)32/h1-13,20H,14-16H2,(H2,27,31,32)/t20-/m1/s1. The highest BCUT2D eigenvalue weighted by Crippen LogP contribution is 2.25. The van der Waals surface area contributed by atoms with Crippen LogP contribution in [0.25, 0.3) is 10.9 Å². The fourth-order valence-corrected chi connectivity index (χ4v) is 5.14. The maximum Gasteiger partial charge on any atom is 0.262 e. The van der Waals surface area contributed by atoms with Crippen LogP contribution >= 0.6 is 11.8 Å². The quantitative estimate of drug-likeness (QED) is 0.298. The molecule has 0 amide bonds. The third-order valence-corrected chi connectivity index (χ3v) is 7.37. The molecule has 0 aliphatic rings. The van der Waals surface area contributed by atoms with Gasteiger partial charge in [0.1, 0.15) is 5.25 Å². The Bertz CT molecular complexity index is 1510. The molecule has 1 heterocycles. The molecule has 0 radical (unpaired) electrons. The SMILES string of the molecule is N#C[C@@H](Cc1ccccc1)Sc1nc2ccccc2c(=O)n1CCc1ccc(S(N)(=O)=O)cc1. The van der Waals surface area contributed by atoms with E-state index < -0.39 is 15.3 Å². The van der Waals surface area contributed by atoms with Gasteiger partial charge in [0.25, 0.3) is 5.56 Å². The number of hydrogen-bond acceptors (Lipinski definition) is 6. The summed E-state index contributed by atoms with van der Waals surface area (Å²) in [5, 5.41) is 15.5. The minimum absolute atomic E-state index is 0.0369. The predicted molar refractivity (Wildman–Crippen MR) is 133 cm³/mol. The van der Waals surface area contributed by atoms with Crippen LogP contribution in [0.1, 0.15) is 11.1 Å². The molecule has 0 aliphatic heterocycles. The van der Waals surface area contributed by atoms with Gasteiger partial charge in [-0.1, -0.05) is 66.4 Å². The van der Waals surface area contributed by atoms with Crippen LogP contribution in [0.2, 0.25) is 0 Å². The number of aryl methyl sites for hydroxylation is 1. The van der Waals surface area contributed by atoms with Gasteiger partial charge in [-0.2, -0.15) is 5.26 Å². The highest BCUT2D eigenvalue weighted by Gasteiger charge is 2.18. The maximum absolute atomic E-state index is 13.3. The fourth-order valence-electron chi connectivity index (χ4n) is 3.59. The van der Waals surface area contributed by atoms with Gasteiger partial charge in [-0.15, -0.1) is 0 Å². The lowest BCUT2D eigenvalue weighted by Gasteiger charge is -2.15. The van der Waals surface area contributed by atoms with Crippen molar-refractivity contribution in [1.82, 2.24) is 9.55 Å². The Balaban J connectivity index is 1.64. The summed E-state index contributed by atoms with van der Waals surface area (Å²) < 4.78 is 24.6. The summed E-state index contributed by atoms with van der Waals surface area (Å²) in [6.45, 7) is 0.331. The lowest BCUT2D eigenvalue weighted by molar-refractivity contribution is 0.593. The molecule has 1 aromatic heterocycles. The van der Waals surface area contributed by atoms with Crippen LogP contribution in [0.4, 0.5) is 0 Å². The number of nitriles is 1. The molecule has 7 nitrogen and oxygen atoms in total. The van der Waals surface area contributed by atoms with Crippen LogP contribution in [-0.2, 0) is 29.4 Å². The van der Waals surface area contributed by atoms with E-state index in [0.717, 1.165) is 11.1 Å². The van der Waals surface area contributed by atoms with Crippen molar-refractivity contribution in [2.75, 3.05) is 0 Å². The Morgan fingerprint density at radius 2 is 1.65 bits per heavy atom. The van der Waals surface area contributed by atoms with Crippen molar-refractivity contribution in [3.05, 3.63) is 100 Å². The number of nitrogens with two attached hydrogens (primary N) is 1. The van der Waals surface area contributed by atoms with Crippen LogP contribution in [0.3, 0.4) is 0 Å². The lowest BCUT2D eigenvalue weighted by Crippen LogP contribution is -2.25. The van der Waals surface area contributed by atoms with Crippen LogP contribution in [0, 0.1) is 11.3 Å². The second-order valence-electron chi connectivity index (χ2n) is 7.73. The molecule has 4 rings (SSSR count). The van der Waals surface area contributed by atoms with E-state index in [0.29, 0.717) is 35.4 Å². The van der Waals surface area contributed by atoms with Crippen molar-refractivity contribution < 1.29 is 8.42 Å². The summed E-state index contributed by atoms with van der Waals surface area (Å²) in [4.78, 5) is 18.1. The molecule has 0 saturated carbocycles. The monoisotopic (exact) mass is 490 g/mol. The van der Waals surface area contributed by atoms with Gasteiger partial charge in [0.15, 0.2) is 5.16 Å². The zero-order chi connectivity index (χ0) is 24.1. The summed E-state index contributed by atoms with van der Waals surface area (Å²) >= 11 is 1.28. The summed E-state index contributed by atoms with van der Waals surface area (Å²) in [5.41, 5.74) is 2.29. The van der Waals surface area contributed by atoms with E-state index in [2.05, 4.69) is 6.07 Å². The molecule has 34 heavy (non-hydrogen) atoms. The Labute approximate surface area is 201 Å². The molecule has 0 saturated heterocycles. The topological polar surface area (TPSA) is 119 Å². The number of nitrogens with zero attached hydrogens (tertiary/aromatic N) is 3. The number of para-hydroxylation sites is 1. The number of sulfonamides is 1. The summed E-state index contributed by atoms with van der Waals surface area (Å²) in [6.07, 6.45) is 1.01. The molecule has 0 aliphatic carbocycles. The molecule has 0 fully saturated rings. The van der Waals surface area contributed by atoms with E-state index >= 15 is 0 Å². The lowest BCUT2D eigenvalue weighted by atomic mass is 10.1. The van der Waals surface area contributed by atoms with Gasteiger partial charge >= 0.3 is 0 Å². The zero-order valence-corrected chi connectivity index (χ0v) is 19.8. The molecule has 3 aromatic carbocycles. The van der Waals surface area contributed by atoms with Crippen molar-refractivity contribution in [2.45, 2.75) is 34.7 Å². The highest BCUT2D eigenvalue weighted by molar-refractivity contribution is 8.00. The molecule has 2 N–H and O–H groups in total. The van der Waals surface area contributed by atoms with E-state index in [9.17, 15) is 18.5 Å². The summed E-state index contributed by atoms with van der Waals surface area (Å²) in [5.74, 6) is 0. The first-order chi connectivity index (χ1) is 16.3. The Morgan fingerprint density at radius 3 is 2.32 bits per heavy atom. The maximum atomic E-state index is 13.3. The van der Waals surface area contributed by atoms with Crippen LogP contribution in [0.15, 0.2) is 93.7 Å². The average molecular weight is 491 g/mol. The van der Waals surface area contributed by atoms with Crippen LogP contribution in [-0.4, -0.2) is 23.2 Å². The average Bonchev–Trinajstić information content (AvgIpc) is 2.84. The van der Waals surface area contributed by atoms with Gasteiger partial charge in [0.05, 0.1) is 21.9 Å². The number of rotatable bonds is 8. The second-order valence-corrected chi connectivity index (χ2v) is 10.5. The molecule has 9 heteroatoms. The smallest absolute Gasteiger partial charge is 0.262 e. The molecular formula is C25H22N4O3S2.